The fourth-order valence-electron chi connectivity index (χ4n) is 1.84. The van der Waals surface area contributed by atoms with Crippen LogP contribution in [0.15, 0.2) is 30.3 Å². The molecular formula is C13H16O5. The molecule has 1 fully saturated rings. The van der Waals surface area contributed by atoms with E-state index < -0.39 is 30.4 Å². The van der Waals surface area contributed by atoms with Crippen LogP contribution in [-0.4, -0.2) is 40.6 Å². The summed E-state index contributed by atoms with van der Waals surface area (Å²) in [5.41, 5.74) is -0.381. The highest BCUT2D eigenvalue weighted by Gasteiger charge is 2.52. The fraction of sp³-hybridized carbons (Fsp3) is 0.462. The number of cyclic esters (lactones) is 1. The molecule has 1 heterocycles. The first-order chi connectivity index (χ1) is 8.57. The quantitative estimate of drug-likeness (QED) is 0.751. The van der Waals surface area contributed by atoms with Crippen molar-refractivity contribution >= 4 is 5.97 Å². The van der Waals surface area contributed by atoms with Crippen LogP contribution in [0.25, 0.3) is 0 Å². The van der Waals surface area contributed by atoms with E-state index in [-0.39, 0.29) is 6.61 Å². The lowest BCUT2D eigenvalue weighted by Crippen LogP contribution is -2.44. The smallest absolute Gasteiger partial charge is 0.338 e. The Morgan fingerprint density at radius 2 is 2.06 bits per heavy atom. The predicted octanol–water partition coefficient (Wildman–Crippen LogP) is 0.240. The molecule has 0 amide bonds. The second kappa shape index (κ2) is 5.06. The summed E-state index contributed by atoms with van der Waals surface area (Å²) in [6, 6.07) is 9.32. The van der Waals surface area contributed by atoms with Crippen molar-refractivity contribution in [1.82, 2.24) is 0 Å². The lowest BCUT2D eigenvalue weighted by atomic mass is 9.99. The average molecular weight is 252 g/mol. The molecule has 3 atom stereocenters. The van der Waals surface area contributed by atoms with Gasteiger partial charge in [0.15, 0.2) is 11.7 Å². The number of esters is 1. The van der Waals surface area contributed by atoms with Crippen LogP contribution in [-0.2, 0) is 20.9 Å². The van der Waals surface area contributed by atoms with Crippen molar-refractivity contribution in [2.24, 2.45) is 0 Å². The zero-order valence-corrected chi connectivity index (χ0v) is 10.1. The maximum atomic E-state index is 11.6. The highest BCUT2D eigenvalue weighted by Crippen LogP contribution is 2.29. The Morgan fingerprint density at radius 1 is 1.39 bits per heavy atom. The van der Waals surface area contributed by atoms with E-state index in [1.807, 2.05) is 30.3 Å². The van der Waals surface area contributed by atoms with Crippen molar-refractivity contribution < 1.29 is 24.5 Å². The van der Waals surface area contributed by atoms with E-state index in [0.29, 0.717) is 0 Å². The lowest BCUT2D eigenvalue weighted by molar-refractivity contribution is -0.156. The number of aliphatic hydroxyl groups excluding tert-OH is 2. The summed E-state index contributed by atoms with van der Waals surface area (Å²) >= 11 is 0. The third kappa shape index (κ3) is 2.38. The Bertz CT molecular complexity index is 419. The van der Waals surface area contributed by atoms with E-state index in [2.05, 4.69) is 0 Å². The second-order valence-electron chi connectivity index (χ2n) is 4.55. The Kier molecular flexibility index (Phi) is 3.65. The first kappa shape index (κ1) is 13.0. The third-order valence-corrected chi connectivity index (χ3v) is 3.06. The summed E-state index contributed by atoms with van der Waals surface area (Å²) in [7, 11) is 0. The van der Waals surface area contributed by atoms with Gasteiger partial charge < -0.3 is 19.7 Å². The molecule has 0 bridgehead atoms. The van der Waals surface area contributed by atoms with Gasteiger partial charge in [-0.3, -0.25) is 0 Å². The molecule has 1 aromatic carbocycles. The number of benzene rings is 1. The molecule has 1 aromatic rings. The lowest BCUT2D eigenvalue weighted by Gasteiger charge is -2.24. The van der Waals surface area contributed by atoms with Crippen LogP contribution in [0.4, 0.5) is 0 Å². The summed E-state index contributed by atoms with van der Waals surface area (Å²) in [6.45, 7) is 1.24. The molecule has 1 aliphatic rings. The summed E-state index contributed by atoms with van der Waals surface area (Å²) in [5, 5.41) is 19.0. The third-order valence-electron chi connectivity index (χ3n) is 3.06. The van der Waals surface area contributed by atoms with Crippen molar-refractivity contribution in [1.29, 1.82) is 0 Å². The number of hydrogen-bond acceptors (Lipinski definition) is 5. The van der Waals surface area contributed by atoms with Gasteiger partial charge in [-0.25, -0.2) is 4.79 Å². The topological polar surface area (TPSA) is 76.0 Å². The summed E-state index contributed by atoms with van der Waals surface area (Å²) in [6.07, 6.45) is -2.22. The number of aliphatic hydroxyl groups is 2. The number of rotatable bonds is 4. The van der Waals surface area contributed by atoms with Gasteiger partial charge in [-0.15, -0.1) is 0 Å². The normalized spacial score (nSPS) is 31.4. The fourth-order valence-corrected chi connectivity index (χ4v) is 1.84. The minimum Gasteiger partial charge on any atom is -0.452 e. The molecule has 1 saturated heterocycles. The van der Waals surface area contributed by atoms with Gasteiger partial charge in [-0.1, -0.05) is 30.3 Å². The van der Waals surface area contributed by atoms with Gasteiger partial charge in [0, 0.05) is 0 Å². The molecule has 0 saturated carbocycles. The average Bonchev–Trinajstić information content (AvgIpc) is 2.60. The molecule has 0 aromatic heterocycles. The van der Waals surface area contributed by atoms with E-state index in [4.69, 9.17) is 14.6 Å². The Labute approximate surface area is 105 Å². The summed E-state index contributed by atoms with van der Waals surface area (Å²) in [5.74, 6) is -0.644. The number of hydrogen-bond donors (Lipinski definition) is 2. The van der Waals surface area contributed by atoms with Gasteiger partial charge >= 0.3 is 5.97 Å². The predicted molar refractivity (Wildman–Crippen MR) is 62.6 cm³/mol. The van der Waals surface area contributed by atoms with E-state index in [1.54, 1.807) is 0 Å². The van der Waals surface area contributed by atoms with E-state index >= 15 is 0 Å². The van der Waals surface area contributed by atoms with Crippen molar-refractivity contribution in [3.8, 4) is 0 Å². The van der Waals surface area contributed by atoms with Crippen LogP contribution in [0.1, 0.15) is 12.5 Å². The molecule has 0 unspecified atom stereocenters. The highest BCUT2D eigenvalue weighted by molar-refractivity contribution is 5.78. The van der Waals surface area contributed by atoms with Gasteiger partial charge in [0.25, 0.3) is 0 Å². The molecule has 0 radical (unpaired) electrons. The molecule has 5 heteroatoms. The van der Waals surface area contributed by atoms with Crippen LogP contribution >= 0.6 is 0 Å². The van der Waals surface area contributed by atoms with Gasteiger partial charge in [-0.05, 0) is 12.5 Å². The first-order valence-electron chi connectivity index (χ1n) is 5.74. The zero-order valence-electron chi connectivity index (χ0n) is 10.1. The van der Waals surface area contributed by atoms with Crippen LogP contribution in [0.3, 0.4) is 0 Å². The first-order valence-corrected chi connectivity index (χ1v) is 5.74. The monoisotopic (exact) mass is 252 g/mol. The molecule has 18 heavy (non-hydrogen) atoms. The Balaban J connectivity index is 2.00. The van der Waals surface area contributed by atoms with Gasteiger partial charge in [-0.2, -0.15) is 0 Å². The maximum Gasteiger partial charge on any atom is 0.338 e. The zero-order chi connectivity index (χ0) is 13.2. The molecule has 1 aliphatic heterocycles. The van der Waals surface area contributed by atoms with Crippen LogP contribution in [0.5, 0.6) is 0 Å². The second-order valence-corrected chi connectivity index (χ2v) is 4.55. The standard InChI is InChI=1S/C13H16O5/c1-13(8-14)11(15)10(12(16)18-13)17-7-9-5-3-2-4-6-9/h2-6,10-11,14-15H,7-8H2,1H3/t10-,11-,13-/m1/s1. The highest BCUT2D eigenvalue weighted by atomic mass is 16.6. The molecule has 98 valence electrons. The summed E-state index contributed by atoms with van der Waals surface area (Å²) in [4.78, 5) is 11.6. The molecule has 0 spiro atoms. The maximum absolute atomic E-state index is 11.6. The van der Waals surface area contributed by atoms with Crippen LogP contribution in [0.2, 0.25) is 0 Å². The van der Waals surface area contributed by atoms with E-state index in [1.165, 1.54) is 6.92 Å². The van der Waals surface area contributed by atoms with Crippen molar-refractivity contribution in [2.45, 2.75) is 31.3 Å². The van der Waals surface area contributed by atoms with Gasteiger partial charge in [0.2, 0.25) is 0 Å². The van der Waals surface area contributed by atoms with Gasteiger partial charge in [0.1, 0.15) is 6.10 Å². The van der Waals surface area contributed by atoms with Gasteiger partial charge in [0.05, 0.1) is 13.2 Å². The molecule has 5 nitrogen and oxygen atoms in total. The Hall–Kier alpha value is -1.43. The molecule has 2 rings (SSSR count). The van der Waals surface area contributed by atoms with Crippen molar-refractivity contribution in [2.75, 3.05) is 6.61 Å². The number of carbonyl (C=O) groups is 1. The molecule has 0 aliphatic carbocycles. The minimum atomic E-state index is -1.28. The van der Waals surface area contributed by atoms with Crippen LogP contribution < -0.4 is 0 Å². The van der Waals surface area contributed by atoms with Crippen molar-refractivity contribution in [3.05, 3.63) is 35.9 Å². The Morgan fingerprint density at radius 3 is 2.61 bits per heavy atom. The molecular weight excluding hydrogens is 236 g/mol. The van der Waals surface area contributed by atoms with E-state index in [0.717, 1.165) is 5.56 Å². The largest absolute Gasteiger partial charge is 0.452 e. The number of carbonyl (C=O) groups excluding carboxylic acids is 1. The van der Waals surface area contributed by atoms with Crippen molar-refractivity contribution in [3.63, 3.8) is 0 Å². The minimum absolute atomic E-state index is 0.208. The van der Waals surface area contributed by atoms with Crippen LogP contribution in [0, 0.1) is 0 Å². The van der Waals surface area contributed by atoms with E-state index in [9.17, 15) is 9.90 Å². The molecule has 2 N–H and O–H groups in total. The summed E-state index contributed by atoms with van der Waals surface area (Å²) < 4.78 is 10.3. The number of ether oxygens (including phenoxy) is 2. The SMILES string of the molecule is C[C@]1(CO)OC(=O)[C@H](OCc2ccccc2)[C@H]1O.